The van der Waals surface area contributed by atoms with Crippen LogP contribution in [0.4, 0.5) is 0 Å². The molecule has 3 aliphatic carbocycles. The molecule has 4 heteroatoms. The van der Waals surface area contributed by atoms with Crippen LogP contribution in [0.15, 0.2) is 16.9 Å². The number of rotatable bonds is 2. The van der Waals surface area contributed by atoms with Gasteiger partial charge in [-0.1, -0.05) is 0 Å². The predicted molar refractivity (Wildman–Crippen MR) is 54.9 cm³/mol. The molecule has 0 amide bonds. The number of ketones is 1. The molecule has 14 heavy (non-hydrogen) atoms. The van der Waals surface area contributed by atoms with Gasteiger partial charge in [0, 0.05) is 11.6 Å². The van der Waals surface area contributed by atoms with Gasteiger partial charge in [-0.2, -0.15) is 5.10 Å². The maximum atomic E-state index is 11.3. The van der Waals surface area contributed by atoms with Crippen molar-refractivity contribution in [3.63, 3.8) is 0 Å². The van der Waals surface area contributed by atoms with Crippen molar-refractivity contribution >= 4 is 21.7 Å². The first-order valence-electron chi connectivity index (χ1n) is 4.78. The van der Waals surface area contributed by atoms with E-state index in [0.29, 0.717) is 5.78 Å². The first-order valence-corrected chi connectivity index (χ1v) is 5.57. The monoisotopic (exact) mass is 254 g/mol. The van der Waals surface area contributed by atoms with Crippen LogP contribution in [0.1, 0.15) is 26.2 Å². The van der Waals surface area contributed by atoms with Crippen molar-refractivity contribution in [2.24, 2.45) is 5.41 Å². The fourth-order valence-corrected chi connectivity index (χ4v) is 3.20. The lowest BCUT2D eigenvalue weighted by Gasteiger charge is -2.68. The van der Waals surface area contributed by atoms with Gasteiger partial charge in [0.25, 0.3) is 0 Å². The molecular formula is C10H11BrN2O. The summed E-state index contributed by atoms with van der Waals surface area (Å²) < 4.78 is 3.03. The van der Waals surface area contributed by atoms with Crippen molar-refractivity contribution < 1.29 is 4.79 Å². The van der Waals surface area contributed by atoms with E-state index in [1.54, 1.807) is 13.1 Å². The van der Waals surface area contributed by atoms with E-state index < -0.39 is 0 Å². The van der Waals surface area contributed by atoms with Crippen molar-refractivity contribution in [3.05, 3.63) is 16.9 Å². The van der Waals surface area contributed by atoms with Crippen LogP contribution in [-0.4, -0.2) is 15.6 Å². The van der Waals surface area contributed by atoms with Gasteiger partial charge in [0.15, 0.2) is 0 Å². The molecule has 1 aromatic rings. The summed E-state index contributed by atoms with van der Waals surface area (Å²) in [7, 11) is 0. The van der Waals surface area contributed by atoms with E-state index in [-0.39, 0.29) is 11.0 Å². The lowest BCUT2D eigenvalue weighted by Crippen LogP contribution is -2.70. The maximum absolute atomic E-state index is 11.3. The molecule has 3 saturated carbocycles. The fourth-order valence-electron chi connectivity index (χ4n) is 2.91. The molecule has 0 saturated heterocycles. The van der Waals surface area contributed by atoms with Gasteiger partial charge in [0.2, 0.25) is 0 Å². The highest BCUT2D eigenvalue weighted by molar-refractivity contribution is 9.10. The van der Waals surface area contributed by atoms with E-state index in [4.69, 9.17) is 0 Å². The number of nitrogens with zero attached hydrogens (tertiary/aromatic N) is 2. The van der Waals surface area contributed by atoms with Crippen LogP contribution >= 0.6 is 15.9 Å². The molecule has 0 unspecified atom stereocenters. The van der Waals surface area contributed by atoms with Crippen LogP contribution in [0.25, 0.3) is 0 Å². The smallest absolute Gasteiger partial charge is 0.136 e. The zero-order valence-corrected chi connectivity index (χ0v) is 9.54. The highest BCUT2D eigenvalue weighted by atomic mass is 79.9. The molecule has 3 aliphatic rings. The predicted octanol–water partition coefficient (Wildman–Crippen LogP) is 2.11. The third-order valence-corrected chi connectivity index (χ3v) is 4.20. The number of carbonyl (C=O) groups is 1. The minimum absolute atomic E-state index is 0.0262. The molecule has 74 valence electrons. The van der Waals surface area contributed by atoms with Gasteiger partial charge < -0.3 is 0 Å². The number of hydrogen-bond donors (Lipinski definition) is 0. The minimum atomic E-state index is 0.0262. The Kier molecular flexibility index (Phi) is 1.42. The Hall–Kier alpha value is -0.640. The second-order valence-corrected chi connectivity index (χ2v) is 5.61. The van der Waals surface area contributed by atoms with Gasteiger partial charge in [0.05, 0.1) is 16.2 Å². The summed E-state index contributed by atoms with van der Waals surface area (Å²) in [5, 5.41) is 4.30. The average molecular weight is 255 g/mol. The molecule has 0 aliphatic heterocycles. The Morgan fingerprint density at radius 3 is 2.64 bits per heavy atom. The van der Waals surface area contributed by atoms with Gasteiger partial charge in [-0.3, -0.25) is 9.48 Å². The summed E-state index contributed by atoms with van der Waals surface area (Å²) >= 11 is 3.39. The zero-order valence-electron chi connectivity index (χ0n) is 7.96. The fraction of sp³-hybridized carbons (Fsp3) is 0.600. The highest BCUT2D eigenvalue weighted by Crippen LogP contribution is 2.71. The standard InChI is InChI=1S/C10H11BrN2O/c1-7(14)9-4-10(5-9,6-9)13-3-8(11)2-12-13/h2-3H,4-6H2,1H3. The first-order chi connectivity index (χ1) is 6.56. The number of hydrogen-bond acceptors (Lipinski definition) is 2. The topological polar surface area (TPSA) is 34.9 Å². The number of aromatic nitrogens is 2. The molecule has 2 bridgehead atoms. The molecule has 0 radical (unpaired) electrons. The largest absolute Gasteiger partial charge is 0.299 e. The van der Waals surface area contributed by atoms with Gasteiger partial charge in [0.1, 0.15) is 5.78 Å². The van der Waals surface area contributed by atoms with Gasteiger partial charge in [-0.05, 0) is 42.1 Å². The molecular weight excluding hydrogens is 244 g/mol. The SMILES string of the molecule is CC(=O)C12CC(n3cc(Br)cn3)(C1)C2. The van der Waals surface area contributed by atoms with E-state index >= 15 is 0 Å². The van der Waals surface area contributed by atoms with Gasteiger partial charge in [-0.25, -0.2) is 0 Å². The number of carbonyl (C=O) groups excluding carboxylic acids is 1. The Labute approximate surface area is 90.6 Å². The normalized spacial score (nSPS) is 38.7. The van der Waals surface area contributed by atoms with Crippen LogP contribution in [0.5, 0.6) is 0 Å². The minimum Gasteiger partial charge on any atom is -0.299 e. The Morgan fingerprint density at radius 1 is 1.57 bits per heavy atom. The molecule has 3 fully saturated rings. The van der Waals surface area contributed by atoms with Gasteiger partial charge >= 0.3 is 0 Å². The van der Waals surface area contributed by atoms with Crippen molar-refractivity contribution in [2.45, 2.75) is 31.7 Å². The molecule has 0 aromatic carbocycles. The Morgan fingerprint density at radius 2 is 2.21 bits per heavy atom. The van der Waals surface area contributed by atoms with Gasteiger partial charge in [-0.15, -0.1) is 0 Å². The molecule has 4 rings (SSSR count). The summed E-state index contributed by atoms with van der Waals surface area (Å²) in [4.78, 5) is 11.3. The van der Waals surface area contributed by atoms with Crippen molar-refractivity contribution in [2.75, 3.05) is 0 Å². The number of Topliss-reactive ketones (excluding diaryl/α,β-unsaturated/α-hetero) is 1. The lowest BCUT2D eigenvalue weighted by molar-refractivity contribution is -0.196. The third-order valence-electron chi connectivity index (χ3n) is 3.79. The summed E-state index contributed by atoms with van der Waals surface area (Å²) in [6.07, 6.45) is 6.78. The molecule has 0 atom stereocenters. The maximum Gasteiger partial charge on any atom is 0.136 e. The van der Waals surface area contributed by atoms with Crippen LogP contribution in [0.2, 0.25) is 0 Å². The van der Waals surface area contributed by atoms with E-state index in [9.17, 15) is 4.79 Å². The van der Waals surface area contributed by atoms with Crippen LogP contribution < -0.4 is 0 Å². The summed E-state index contributed by atoms with van der Waals surface area (Å²) in [6.45, 7) is 1.71. The van der Waals surface area contributed by atoms with E-state index in [2.05, 4.69) is 21.0 Å². The van der Waals surface area contributed by atoms with Crippen LogP contribution in [0.3, 0.4) is 0 Å². The summed E-state index contributed by atoms with van der Waals surface area (Å²) in [6, 6.07) is 0. The second-order valence-electron chi connectivity index (χ2n) is 4.69. The zero-order chi connectivity index (χ0) is 9.97. The number of halogens is 1. The van der Waals surface area contributed by atoms with E-state index in [1.165, 1.54) is 0 Å². The van der Waals surface area contributed by atoms with Crippen LogP contribution in [0, 0.1) is 5.41 Å². The summed E-state index contributed by atoms with van der Waals surface area (Å²) in [5.41, 5.74) is 0.204. The van der Waals surface area contributed by atoms with E-state index in [1.807, 2.05) is 10.9 Å². The Balaban J connectivity index is 1.84. The Bertz CT molecular complexity index is 404. The molecule has 1 heterocycles. The highest BCUT2D eigenvalue weighted by Gasteiger charge is 2.71. The third kappa shape index (κ3) is 0.829. The van der Waals surface area contributed by atoms with Crippen molar-refractivity contribution in [1.82, 2.24) is 9.78 Å². The van der Waals surface area contributed by atoms with Crippen molar-refractivity contribution in [1.29, 1.82) is 0 Å². The first kappa shape index (κ1) is 8.65. The molecule has 1 aromatic heterocycles. The lowest BCUT2D eigenvalue weighted by atomic mass is 9.38. The van der Waals surface area contributed by atoms with Crippen LogP contribution in [-0.2, 0) is 10.3 Å². The van der Waals surface area contributed by atoms with E-state index in [0.717, 1.165) is 23.7 Å². The second kappa shape index (κ2) is 2.30. The molecule has 3 nitrogen and oxygen atoms in total. The average Bonchev–Trinajstić information content (AvgIpc) is 2.28. The molecule has 0 N–H and O–H groups in total. The quantitative estimate of drug-likeness (QED) is 0.811. The summed E-state index contributed by atoms with van der Waals surface area (Å²) in [5.74, 6) is 0.352. The molecule has 0 spiro atoms. The van der Waals surface area contributed by atoms with Crippen molar-refractivity contribution in [3.8, 4) is 0 Å².